The number of carbonyl (C=O) groups excluding carboxylic acids is 2. The van der Waals surface area contributed by atoms with Gasteiger partial charge in [-0.05, 0) is 44.9 Å². The Hall–Kier alpha value is -2.82. The first kappa shape index (κ1) is 19.5. The molecule has 0 fully saturated rings. The van der Waals surface area contributed by atoms with Gasteiger partial charge in [-0.15, -0.1) is 0 Å². The molecule has 5 heteroatoms. The number of aryl methyl sites for hydroxylation is 1. The largest absolute Gasteiger partial charge is 0.496 e. The highest BCUT2D eigenvalue weighted by atomic mass is 16.5. The first-order valence-corrected chi connectivity index (χ1v) is 8.64. The average Bonchev–Trinajstić information content (AvgIpc) is 2.63. The number of hydrogen-bond donors (Lipinski definition) is 1. The molecule has 2 rings (SSSR count). The van der Waals surface area contributed by atoms with Gasteiger partial charge in [0, 0.05) is 6.42 Å². The third-order valence-electron chi connectivity index (χ3n) is 3.96. The van der Waals surface area contributed by atoms with E-state index in [4.69, 9.17) is 4.74 Å². The van der Waals surface area contributed by atoms with E-state index in [0.717, 1.165) is 5.56 Å². The number of nitrogens with zero attached hydrogens (tertiary/aromatic N) is 1. The zero-order valence-corrected chi connectivity index (χ0v) is 15.8. The van der Waals surface area contributed by atoms with Crippen molar-refractivity contribution in [2.75, 3.05) is 7.11 Å². The summed E-state index contributed by atoms with van der Waals surface area (Å²) in [6.07, 6.45) is 0.935. The summed E-state index contributed by atoms with van der Waals surface area (Å²) in [5.74, 6) is -0.0365. The number of hydrogen-bond acceptors (Lipinski definition) is 3. The SMILES string of the molecule is COc1ccccc1C(=O)NN(C(=O)CCc1ccccc1)C(C)(C)C. The quantitative estimate of drug-likeness (QED) is 0.835. The molecular weight excluding hydrogens is 328 g/mol. The van der Waals surface area contributed by atoms with Gasteiger partial charge < -0.3 is 4.74 Å². The maximum Gasteiger partial charge on any atom is 0.273 e. The number of para-hydroxylation sites is 1. The van der Waals surface area contributed by atoms with Crippen molar-refractivity contribution in [3.05, 3.63) is 65.7 Å². The van der Waals surface area contributed by atoms with Crippen LogP contribution in [0.4, 0.5) is 0 Å². The van der Waals surface area contributed by atoms with Crippen LogP contribution < -0.4 is 10.2 Å². The average molecular weight is 354 g/mol. The van der Waals surface area contributed by atoms with E-state index in [-0.39, 0.29) is 11.8 Å². The molecule has 138 valence electrons. The lowest BCUT2D eigenvalue weighted by molar-refractivity contribution is -0.139. The molecule has 0 heterocycles. The van der Waals surface area contributed by atoms with Crippen LogP contribution in [-0.4, -0.2) is 29.5 Å². The van der Waals surface area contributed by atoms with Gasteiger partial charge in [0.25, 0.3) is 5.91 Å². The van der Waals surface area contributed by atoms with Gasteiger partial charge in [-0.1, -0.05) is 42.5 Å². The Morgan fingerprint density at radius 1 is 1.00 bits per heavy atom. The van der Waals surface area contributed by atoms with Gasteiger partial charge >= 0.3 is 0 Å². The Morgan fingerprint density at radius 3 is 2.23 bits per heavy atom. The van der Waals surface area contributed by atoms with E-state index in [1.807, 2.05) is 51.1 Å². The van der Waals surface area contributed by atoms with Gasteiger partial charge in [-0.25, -0.2) is 5.01 Å². The monoisotopic (exact) mass is 354 g/mol. The molecule has 0 aliphatic carbocycles. The number of hydrazine groups is 1. The number of carbonyl (C=O) groups is 2. The molecule has 0 bridgehead atoms. The van der Waals surface area contributed by atoms with E-state index in [1.165, 1.54) is 12.1 Å². The maximum atomic E-state index is 12.8. The van der Waals surface area contributed by atoms with Crippen molar-refractivity contribution < 1.29 is 14.3 Å². The molecule has 26 heavy (non-hydrogen) atoms. The second kappa shape index (κ2) is 8.52. The fourth-order valence-electron chi connectivity index (χ4n) is 2.61. The van der Waals surface area contributed by atoms with Gasteiger partial charge in [-0.2, -0.15) is 0 Å². The molecule has 2 aromatic carbocycles. The highest BCUT2D eigenvalue weighted by molar-refractivity contribution is 5.98. The number of benzene rings is 2. The van der Waals surface area contributed by atoms with E-state index < -0.39 is 5.54 Å². The van der Waals surface area contributed by atoms with E-state index in [9.17, 15) is 9.59 Å². The minimum atomic E-state index is -0.550. The Kier molecular flexibility index (Phi) is 6.39. The van der Waals surface area contributed by atoms with E-state index >= 15 is 0 Å². The lowest BCUT2D eigenvalue weighted by Gasteiger charge is -2.35. The summed E-state index contributed by atoms with van der Waals surface area (Å²) in [6, 6.07) is 16.8. The normalized spacial score (nSPS) is 10.9. The van der Waals surface area contributed by atoms with Gasteiger partial charge in [0.2, 0.25) is 5.91 Å². The van der Waals surface area contributed by atoms with Crippen LogP contribution in [0.1, 0.15) is 43.1 Å². The van der Waals surface area contributed by atoms with Gasteiger partial charge in [0.15, 0.2) is 0 Å². The first-order valence-electron chi connectivity index (χ1n) is 8.64. The van der Waals surface area contributed by atoms with Crippen molar-refractivity contribution in [1.29, 1.82) is 0 Å². The lowest BCUT2D eigenvalue weighted by Crippen LogP contribution is -2.56. The number of ether oxygens (including phenoxy) is 1. The molecule has 0 unspecified atom stereocenters. The Labute approximate surface area is 154 Å². The molecule has 0 aliphatic rings. The van der Waals surface area contributed by atoms with Crippen molar-refractivity contribution in [3.8, 4) is 5.75 Å². The van der Waals surface area contributed by atoms with Crippen molar-refractivity contribution in [2.24, 2.45) is 0 Å². The summed E-state index contributed by atoms with van der Waals surface area (Å²) >= 11 is 0. The zero-order valence-electron chi connectivity index (χ0n) is 15.8. The van der Waals surface area contributed by atoms with Crippen LogP contribution in [0.3, 0.4) is 0 Å². The summed E-state index contributed by atoms with van der Waals surface area (Å²) < 4.78 is 5.24. The predicted molar refractivity (Wildman–Crippen MR) is 102 cm³/mol. The van der Waals surface area contributed by atoms with Gasteiger partial charge in [0.05, 0.1) is 18.2 Å². The molecule has 2 amide bonds. The topological polar surface area (TPSA) is 58.6 Å². The van der Waals surface area contributed by atoms with Crippen LogP contribution in [0.5, 0.6) is 5.75 Å². The standard InChI is InChI=1S/C21H26N2O3/c1-21(2,3)23(19(24)15-14-16-10-6-5-7-11-16)22-20(25)17-12-8-9-13-18(17)26-4/h5-13H,14-15H2,1-4H3,(H,22,25). The van der Waals surface area contributed by atoms with Crippen LogP contribution in [0, 0.1) is 0 Å². The van der Waals surface area contributed by atoms with Gasteiger partial charge in [0.1, 0.15) is 5.75 Å². The summed E-state index contributed by atoms with van der Waals surface area (Å²) in [5, 5.41) is 1.41. The van der Waals surface area contributed by atoms with E-state index in [2.05, 4.69) is 5.43 Å². The minimum absolute atomic E-state index is 0.135. The summed E-state index contributed by atoms with van der Waals surface area (Å²) in [5.41, 5.74) is 3.68. The molecule has 1 N–H and O–H groups in total. The second-order valence-electron chi connectivity index (χ2n) is 7.03. The minimum Gasteiger partial charge on any atom is -0.496 e. The molecule has 0 aromatic heterocycles. The smallest absolute Gasteiger partial charge is 0.273 e. The van der Waals surface area contributed by atoms with E-state index in [1.54, 1.807) is 24.3 Å². The van der Waals surface area contributed by atoms with Crippen LogP contribution in [0.15, 0.2) is 54.6 Å². The summed E-state index contributed by atoms with van der Waals surface area (Å²) in [4.78, 5) is 25.4. The number of rotatable bonds is 5. The van der Waals surface area contributed by atoms with E-state index in [0.29, 0.717) is 24.2 Å². The zero-order chi connectivity index (χ0) is 19.2. The number of nitrogens with one attached hydrogen (secondary N) is 1. The molecular formula is C21H26N2O3. The Bertz CT molecular complexity index is 751. The molecule has 0 saturated heterocycles. The fourth-order valence-corrected chi connectivity index (χ4v) is 2.61. The highest BCUT2D eigenvalue weighted by Gasteiger charge is 2.29. The van der Waals surface area contributed by atoms with Crippen molar-refractivity contribution >= 4 is 11.8 Å². The molecule has 0 spiro atoms. The highest BCUT2D eigenvalue weighted by Crippen LogP contribution is 2.19. The van der Waals surface area contributed by atoms with Crippen molar-refractivity contribution in [3.63, 3.8) is 0 Å². The van der Waals surface area contributed by atoms with Crippen LogP contribution >= 0.6 is 0 Å². The van der Waals surface area contributed by atoms with Crippen LogP contribution in [0.2, 0.25) is 0 Å². The Morgan fingerprint density at radius 2 is 1.62 bits per heavy atom. The molecule has 0 radical (unpaired) electrons. The molecule has 0 saturated carbocycles. The first-order chi connectivity index (χ1) is 12.3. The third kappa shape index (κ3) is 5.09. The van der Waals surface area contributed by atoms with Crippen LogP contribution in [0.25, 0.3) is 0 Å². The van der Waals surface area contributed by atoms with Crippen molar-refractivity contribution in [2.45, 2.75) is 39.2 Å². The number of amides is 2. The fraction of sp³-hybridized carbons (Fsp3) is 0.333. The summed E-state index contributed by atoms with van der Waals surface area (Å²) in [6.45, 7) is 5.65. The second-order valence-corrected chi connectivity index (χ2v) is 7.03. The summed E-state index contributed by atoms with van der Waals surface area (Å²) in [7, 11) is 1.51. The molecule has 0 aliphatic heterocycles. The van der Waals surface area contributed by atoms with Crippen molar-refractivity contribution in [1.82, 2.24) is 10.4 Å². The molecule has 5 nitrogen and oxygen atoms in total. The lowest BCUT2D eigenvalue weighted by atomic mass is 10.1. The molecule has 2 aromatic rings. The number of methoxy groups -OCH3 is 1. The van der Waals surface area contributed by atoms with Crippen LogP contribution in [-0.2, 0) is 11.2 Å². The third-order valence-corrected chi connectivity index (χ3v) is 3.96. The van der Waals surface area contributed by atoms with Gasteiger partial charge in [-0.3, -0.25) is 15.0 Å². The molecule has 0 atom stereocenters. The maximum absolute atomic E-state index is 12.8. The predicted octanol–water partition coefficient (Wildman–Crippen LogP) is 3.60. The Balaban J connectivity index is 2.12.